The first-order valence-corrected chi connectivity index (χ1v) is 14.3. The smallest absolute Gasteiger partial charge is 0.303 e. The molecule has 2 aliphatic heterocycles. The molecule has 0 bridgehead atoms. The summed E-state index contributed by atoms with van der Waals surface area (Å²) in [6, 6.07) is 14.7. The van der Waals surface area contributed by atoms with E-state index in [0.717, 1.165) is 112 Å². The van der Waals surface area contributed by atoms with E-state index >= 15 is 0 Å². The number of allylic oxidation sites excluding steroid dienone is 1. The zero-order chi connectivity index (χ0) is 26.6. The highest BCUT2D eigenvalue weighted by Crippen LogP contribution is 2.32. The maximum atomic E-state index is 10.7. The summed E-state index contributed by atoms with van der Waals surface area (Å²) in [6.07, 6.45) is 13.0. The number of unbranched alkanes of at least 4 members (excludes halogenated alkanes) is 3. The minimum atomic E-state index is -0.708. The van der Waals surface area contributed by atoms with Crippen molar-refractivity contribution in [1.29, 1.82) is 0 Å². The number of aryl methyl sites for hydroxylation is 1. The molecule has 2 atom stereocenters. The summed E-state index contributed by atoms with van der Waals surface area (Å²) in [4.78, 5) is 10.7. The van der Waals surface area contributed by atoms with Gasteiger partial charge in [-0.05, 0) is 86.3 Å². The Bertz CT molecular complexity index is 1010. The standard InChI is InChI=1S/C32H42O6/c1-24(19-26-13-10-12-25(20-26)11-4-2-3-5-14-30(33)34)27-21-28(37-31-15-6-8-17-35-31)23-29(22-27)38-32-16-7-9-18-36-32/h10,12-13,19-23,31-32H,2-9,11,14-18H2,1H3,(H,33,34). The monoisotopic (exact) mass is 522 g/mol. The molecule has 0 spiro atoms. The number of aliphatic carboxylic acids is 1. The number of carboxylic acid groups (broad SMARTS) is 1. The average molecular weight is 523 g/mol. The second kappa shape index (κ2) is 14.9. The summed E-state index contributed by atoms with van der Waals surface area (Å²) in [5.41, 5.74) is 4.63. The van der Waals surface area contributed by atoms with E-state index in [1.54, 1.807) is 0 Å². The van der Waals surface area contributed by atoms with Crippen LogP contribution in [0.2, 0.25) is 0 Å². The van der Waals surface area contributed by atoms with Crippen LogP contribution in [0, 0.1) is 0 Å². The van der Waals surface area contributed by atoms with E-state index in [9.17, 15) is 4.79 Å². The third kappa shape index (κ3) is 9.48. The fraction of sp³-hybridized carbons (Fsp3) is 0.531. The summed E-state index contributed by atoms with van der Waals surface area (Å²) in [5, 5.41) is 8.78. The van der Waals surface area contributed by atoms with Crippen LogP contribution >= 0.6 is 0 Å². The first-order valence-electron chi connectivity index (χ1n) is 14.3. The summed E-state index contributed by atoms with van der Waals surface area (Å²) in [6.45, 7) is 3.59. The van der Waals surface area contributed by atoms with E-state index in [1.807, 2.05) is 6.07 Å². The van der Waals surface area contributed by atoms with Crippen molar-refractivity contribution in [2.24, 2.45) is 0 Å². The van der Waals surface area contributed by atoms with E-state index in [2.05, 4.69) is 49.4 Å². The predicted molar refractivity (Wildman–Crippen MR) is 149 cm³/mol. The number of rotatable bonds is 13. The fourth-order valence-corrected chi connectivity index (χ4v) is 4.98. The van der Waals surface area contributed by atoms with Gasteiger partial charge in [-0.2, -0.15) is 0 Å². The minimum Gasteiger partial charge on any atom is -0.481 e. The molecular formula is C32H42O6. The molecular weight excluding hydrogens is 480 g/mol. The van der Waals surface area contributed by atoms with Gasteiger partial charge in [0, 0.05) is 25.3 Å². The molecule has 38 heavy (non-hydrogen) atoms. The predicted octanol–water partition coefficient (Wildman–Crippen LogP) is 7.64. The summed E-state index contributed by atoms with van der Waals surface area (Å²) < 4.78 is 24.1. The van der Waals surface area contributed by atoms with Crippen molar-refractivity contribution < 1.29 is 28.8 Å². The van der Waals surface area contributed by atoms with E-state index in [-0.39, 0.29) is 19.0 Å². The van der Waals surface area contributed by atoms with Gasteiger partial charge in [0.1, 0.15) is 11.5 Å². The van der Waals surface area contributed by atoms with Crippen LogP contribution in [0.3, 0.4) is 0 Å². The zero-order valence-electron chi connectivity index (χ0n) is 22.7. The van der Waals surface area contributed by atoms with Crippen molar-refractivity contribution in [1.82, 2.24) is 0 Å². The van der Waals surface area contributed by atoms with Crippen molar-refractivity contribution in [2.75, 3.05) is 13.2 Å². The lowest BCUT2D eigenvalue weighted by molar-refractivity contribution is -0.137. The molecule has 2 aliphatic rings. The second-order valence-electron chi connectivity index (χ2n) is 10.4. The fourth-order valence-electron chi connectivity index (χ4n) is 4.98. The highest BCUT2D eigenvalue weighted by molar-refractivity contribution is 5.81. The van der Waals surface area contributed by atoms with Gasteiger partial charge in [0.2, 0.25) is 0 Å². The summed E-state index contributed by atoms with van der Waals surface area (Å²) >= 11 is 0. The van der Waals surface area contributed by atoms with Crippen LogP contribution in [0.1, 0.15) is 94.2 Å². The lowest BCUT2D eigenvalue weighted by Gasteiger charge is -2.26. The molecule has 2 heterocycles. The Labute approximate surface area is 226 Å². The van der Waals surface area contributed by atoms with Gasteiger partial charge in [-0.15, -0.1) is 0 Å². The SMILES string of the molecule is CC(=Cc1cccc(CCCCCCC(=O)O)c1)c1cc(OC2CCCCO2)cc(OC2CCCCO2)c1. The molecule has 6 nitrogen and oxygen atoms in total. The first kappa shape index (κ1) is 28.2. The van der Waals surface area contributed by atoms with Crippen LogP contribution in [0.5, 0.6) is 11.5 Å². The van der Waals surface area contributed by atoms with Gasteiger partial charge in [-0.1, -0.05) is 43.2 Å². The number of carboxylic acids is 1. The van der Waals surface area contributed by atoms with E-state index in [0.29, 0.717) is 0 Å². The molecule has 0 aliphatic carbocycles. The lowest BCUT2D eigenvalue weighted by Crippen LogP contribution is -2.26. The molecule has 4 rings (SSSR count). The Hall–Kier alpha value is -2.83. The van der Waals surface area contributed by atoms with Crippen molar-refractivity contribution in [3.05, 3.63) is 59.2 Å². The number of carbonyl (C=O) groups is 1. The van der Waals surface area contributed by atoms with Crippen LogP contribution in [0.15, 0.2) is 42.5 Å². The van der Waals surface area contributed by atoms with Crippen LogP contribution < -0.4 is 9.47 Å². The molecule has 2 aromatic carbocycles. The Morgan fingerprint density at radius 3 is 2.16 bits per heavy atom. The maximum absolute atomic E-state index is 10.7. The Kier molecular flexibility index (Phi) is 11.1. The Balaban J connectivity index is 1.44. The number of hydrogen-bond donors (Lipinski definition) is 1. The van der Waals surface area contributed by atoms with Gasteiger partial charge < -0.3 is 24.1 Å². The van der Waals surface area contributed by atoms with Crippen molar-refractivity contribution >= 4 is 17.6 Å². The van der Waals surface area contributed by atoms with Crippen LogP contribution in [-0.4, -0.2) is 36.9 Å². The molecule has 1 N–H and O–H groups in total. The van der Waals surface area contributed by atoms with Crippen molar-refractivity contribution in [3.63, 3.8) is 0 Å². The minimum absolute atomic E-state index is 0.220. The third-order valence-corrected chi connectivity index (χ3v) is 7.09. The normalized spacial score (nSPS) is 20.2. The lowest BCUT2D eigenvalue weighted by atomic mass is 10.00. The van der Waals surface area contributed by atoms with Gasteiger partial charge in [-0.25, -0.2) is 0 Å². The highest BCUT2D eigenvalue weighted by Gasteiger charge is 2.19. The van der Waals surface area contributed by atoms with E-state index < -0.39 is 5.97 Å². The van der Waals surface area contributed by atoms with Gasteiger partial charge in [0.15, 0.2) is 12.6 Å². The topological polar surface area (TPSA) is 74.2 Å². The Morgan fingerprint density at radius 2 is 1.55 bits per heavy atom. The molecule has 0 aromatic heterocycles. The number of hydrogen-bond acceptors (Lipinski definition) is 5. The molecule has 0 radical (unpaired) electrons. The van der Waals surface area contributed by atoms with Crippen molar-refractivity contribution in [2.45, 2.75) is 96.6 Å². The molecule has 2 aromatic rings. The molecule has 2 fully saturated rings. The van der Waals surface area contributed by atoms with Crippen LogP contribution in [-0.2, 0) is 20.7 Å². The van der Waals surface area contributed by atoms with Gasteiger partial charge in [-0.3, -0.25) is 4.79 Å². The quantitative estimate of drug-likeness (QED) is 0.215. The zero-order valence-corrected chi connectivity index (χ0v) is 22.7. The van der Waals surface area contributed by atoms with Crippen LogP contribution in [0.25, 0.3) is 11.6 Å². The summed E-state index contributed by atoms with van der Waals surface area (Å²) in [5.74, 6) is 0.800. The molecule has 0 amide bonds. The largest absolute Gasteiger partial charge is 0.481 e. The molecule has 0 saturated carbocycles. The number of benzene rings is 2. The molecule has 6 heteroatoms. The molecule has 2 unspecified atom stereocenters. The number of ether oxygens (including phenoxy) is 4. The molecule has 206 valence electrons. The van der Waals surface area contributed by atoms with Gasteiger partial charge in [0.05, 0.1) is 13.2 Å². The van der Waals surface area contributed by atoms with Crippen molar-refractivity contribution in [3.8, 4) is 11.5 Å². The van der Waals surface area contributed by atoms with Gasteiger partial charge in [0.25, 0.3) is 0 Å². The summed E-state index contributed by atoms with van der Waals surface area (Å²) in [7, 11) is 0. The maximum Gasteiger partial charge on any atom is 0.303 e. The highest BCUT2D eigenvalue weighted by atomic mass is 16.7. The first-order chi connectivity index (χ1) is 18.5. The Morgan fingerprint density at radius 1 is 0.895 bits per heavy atom. The van der Waals surface area contributed by atoms with E-state index in [1.165, 1.54) is 5.56 Å². The van der Waals surface area contributed by atoms with Gasteiger partial charge >= 0.3 is 5.97 Å². The molecule has 2 saturated heterocycles. The average Bonchev–Trinajstić information content (AvgIpc) is 2.92. The van der Waals surface area contributed by atoms with Crippen LogP contribution in [0.4, 0.5) is 0 Å². The van der Waals surface area contributed by atoms with E-state index in [4.69, 9.17) is 24.1 Å². The second-order valence-corrected chi connectivity index (χ2v) is 10.4. The third-order valence-electron chi connectivity index (χ3n) is 7.09.